The number of Topliss-reactive ketones (excluding diaryl/α,β-unsaturated/α-hetero) is 1. The summed E-state index contributed by atoms with van der Waals surface area (Å²) in [6.07, 6.45) is 2.59. The average Bonchev–Trinajstić information content (AvgIpc) is 2.42. The number of aryl methyl sites for hydroxylation is 1. The lowest BCUT2D eigenvalue weighted by atomic mass is 10.00. The molecule has 0 unspecified atom stereocenters. The number of ketones is 1. The summed E-state index contributed by atoms with van der Waals surface area (Å²) in [7, 11) is 0. The van der Waals surface area contributed by atoms with Crippen LogP contribution >= 0.6 is 15.9 Å². The first-order chi connectivity index (χ1) is 9.19. The number of carbonyl (C=O) groups is 1. The third kappa shape index (κ3) is 4.03. The summed E-state index contributed by atoms with van der Waals surface area (Å²) in [4.78, 5) is 12.2. The van der Waals surface area contributed by atoms with Gasteiger partial charge in [-0.25, -0.2) is 0 Å². The molecule has 0 amide bonds. The quantitative estimate of drug-likeness (QED) is 0.722. The Bertz CT molecular complexity index is 558. The van der Waals surface area contributed by atoms with E-state index in [4.69, 9.17) is 0 Å². The number of benzene rings is 2. The molecule has 19 heavy (non-hydrogen) atoms. The van der Waals surface area contributed by atoms with E-state index < -0.39 is 0 Å². The zero-order valence-electron chi connectivity index (χ0n) is 11.0. The van der Waals surface area contributed by atoms with Gasteiger partial charge in [-0.3, -0.25) is 4.79 Å². The first kappa shape index (κ1) is 14.0. The second-order valence-corrected chi connectivity index (χ2v) is 5.59. The minimum atomic E-state index is 0.181. The van der Waals surface area contributed by atoms with Gasteiger partial charge in [-0.15, -0.1) is 0 Å². The minimum Gasteiger partial charge on any atom is -0.294 e. The molecule has 1 nitrogen and oxygen atoms in total. The molecule has 0 aromatic heterocycles. The Kier molecular flexibility index (Phi) is 4.92. The Labute approximate surface area is 122 Å². The van der Waals surface area contributed by atoms with Gasteiger partial charge in [0.05, 0.1) is 0 Å². The van der Waals surface area contributed by atoms with E-state index in [1.54, 1.807) is 0 Å². The van der Waals surface area contributed by atoms with E-state index in [9.17, 15) is 4.79 Å². The minimum absolute atomic E-state index is 0.181. The highest BCUT2D eigenvalue weighted by Gasteiger charge is 2.07. The molecule has 2 heteroatoms. The molecule has 2 rings (SSSR count). The zero-order valence-corrected chi connectivity index (χ0v) is 12.6. The molecule has 2 aromatic rings. The van der Waals surface area contributed by atoms with Gasteiger partial charge in [0, 0.05) is 16.5 Å². The van der Waals surface area contributed by atoms with Crippen molar-refractivity contribution in [2.24, 2.45) is 0 Å². The molecule has 0 heterocycles. The van der Waals surface area contributed by atoms with Crippen molar-refractivity contribution in [1.82, 2.24) is 0 Å². The second kappa shape index (κ2) is 6.67. The lowest BCUT2D eigenvalue weighted by Crippen LogP contribution is -2.04. The molecular formula is C17H17BrO. The lowest BCUT2D eigenvalue weighted by molar-refractivity contribution is 0.0993. The number of rotatable bonds is 5. The van der Waals surface area contributed by atoms with Crippen molar-refractivity contribution in [2.75, 3.05) is 0 Å². The van der Waals surface area contributed by atoms with Crippen molar-refractivity contribution in [2.45, 2.75) is 26.2 Å². The van der Waals surface area contributed by atoms with Gasteiger partial charge in [-0.05, 0) is 35.7 Å². The van der Waals surface area contributed by atoms with E-state index in [-0.39, 0.29) is 5.78 Å². The third-order valence-corrected chi connectivity index (χ3v) is 3.59. The van der Waals surface area contributed by atoms with Crippen LogP contribution in [0.2, 0.25) is 0 Å². The Morgan fingerprint density at radius 1 is 1.05 bits per heavy atom. The topological polar surface area (TPSA) is 17.1 Å². The average molecular weight is 317 g/mol. The molecule has 0 bridgehead atoms. The van der Waals surface area contributed by atoms with Crippen molar-refractivity contribution >= 4 is 21.7 Å². The fourth-order valence-electron chi connectivity index (χ4n) is 2.08. The van der Waals surface area contributed by atoms with Gasteiger partial charge in [0.25, 0.3) is 0 Å². The molecule has 0 saturated heterocycles. The first-order valence-corrected chi connectivity index (χ1v) is 7.35. The van der Waals surface area contributed by atoms with Gasteiger partial charge >= 0.3 is 0 Å². The predicted octanol–water partition coefficient (Wildman–Crippen LogP) is 4.83. The molecule has 0 radical (unpaired) electrons. The molecule has 0 spiro atoms. The standard InChI is InChI=1S/C17H17BrO/c1-2-4-13-5-3-6-15(11-13)17(19)12-14-7-9-16(18)10-8-14/h3,5-11H,2,4,12H2,1H3. The van der Waals surface area contributed by atoms with Crippen LogP contribution in [-0.2, 0) is 12.8 Å². The SMILES string of the molecule is CCCc1cccc(C(=O)Cc2ccc(Br)cc2)c1. The molecule has 0 aliphatic rings. The van der Waals surface area contributed by atoms with Crippen molar-refractivity contribution < 1.29 is 4.79 Å². The molecule has 2 aromatic carbocycles. The number of hydrogen-bond acceptors (Lipinski definition) is 1. The summed E-state index contributed by atoms with van der Waals surface area (Å²) in [5.74, 6) is 0.181. The molecule has 0 aliphatic heterocycles. The van der Waals surface area contributed by atoms with Crippen LogP contribution in [-0.4, -0.2) is 5.78 Å². The van der Waals surface area contributed by atoms with Crippen LogP contribution in [0.25, 0.3) is 0 Å². The maximum Gasteiger partial charge on any atom is 0.167 e. The monoisotopic (exact) mass is 316 g/mol. The van der Waals surface area contributed by atoms with Gasteiger partial charge in [0.2, 0.25) is 0 Å². The Balaban J connectivity index is 2.11. The van der Waals surface area contributed by atoms with Crippen LogP contribution < -0.4 is 0 Å². The Morgan fingerprint density at radius 3 is 2.47 bits per heavy atom. The first-order valence-electron chi connectivity index (χ1n) is 6.55. The van der Waals surface area contributed by atoms with Crippen LogP contribution in [0.4, 0.5) is 0 Å². The molecular weight excluding hydrogens is 300 g/mol. The van der Waals surface area contributed by atoms with Gasteiger partial charge in [-0.1, -0.05) is 59.6 Å². The fraction of sp³-hybridized carbons (Fsp3) is 0.235. The van der Waals surface area contributed by atoms with Crippen molar-refractivity contribution in [3.05, 3.63) is 69.7 Å². The largest absolute Gasteiger partial charge is 0.294 e. The number of hydrogen-bond donors (Lipinski definition) is 0. The summed E-state index contributed by atoms with van der Waals surface area (Å²) in [6.45, 7) is 2.15. The summed E-state index contributed by atoms with van der Waals surface area (Å²) < 4.78 is 1.04. The molecule has 0 N–H and O–H groups in total. The van der Waals surface area contributed by atoms with Crippen molar-refractivity contribution in [1.29, 1.82) is 0 Å². The van der Waals surface area contributed by atoms with Crippen LogP contribution in [0.15, 0.2) is 53.0 Å². The summed E-state index contributed by atoms with van der Waals surface area (Å²) >= 11 is 3.40. The van der Waals surface area contributed by atoms with Gasteiger partial charge in [0.1, 0.15) is 0 Å². The van der Waals surface area contributed by atoms with Crippen LogP contribution in [0.1, 0.15) is 34.8 Å². The van der Waals surface area contributed by atoms with Crippen molar-refractivity contribution in [3.63, 3.8) is 0 Å². The summed E-state index contributed by atoms with van der Waals surface area (Å²) in [5, 5.41) is 0. The third-order valence-electron chi connectivity index (χ3n) is 3.07. The van der Waals surface area contributed by atoms with E-state index in [0.717, 1.165) is 28.4 Å². The smallest absolute Gasteiger partial charge is 0.167 e. The highest BCUT2D eigenvalue weighted by atomic mass is 79.9. The number of halogens is 1. The maximum atomic E-state index is 12.2. The zero-order chi connectivity index (χ0) is 13.7. The summed E-state index contributed by atoms with van der Waals surface area (Å²) in [5.41, 5.74) is 3.10. The lowest BCUT2D eigenvalue weighted by Gasteiger charge is -2.04. The van der Waals surface area contributed by atoms with E-state index in [2.05, 4.69) is 28.9 Å². The Hall–Kier alpha value is -1.41. The Morgan fingerprint density at radius 2 is 1.79 bits per heavy atom. The predicted molar refractivity (Wildman–Crippen MR) is 82.6 cm³/mol. The van der Waals surface area contributed by atoms with Crippen LogP contribution in [0.5, 0.6) is 0 Å². The molecule has 98 valence electrons. The molecule has 0 saturated carbocycles. The molecule has 0 aliphatic carbocycles. The maximum absolute atomic E-state index is 12.2. The van der Waals surface area contributed by atoms with Crippen LogP contribution in [0, 0.1) is 0 Å². The van der Waals surface area contributed by atoms with Gasteiger partial charge in [-0.2, -0.15) is 0 Å². The van der Waals surface area contributed by atoms with Gasteiger partial charge in [0.15, 0.2) is 5.78 Å². The van der Waals surface area contributed by atoms with Gasteiger partial charge < -0.3 is 0 Å². The summed E-state index contributed by atoms with van der Waals surface area (Å²) in [6, 6.07) is 15.9. The molecule has 0 fully saturated rings. The highest BCUT2D eigenvalue weighted by Crippen LogP contribution is 2.14. The van der Waals surface area contributed by atoms with Crippen LogP contribution in [0.3, 0.4) is 0 Å². The second-order valence-electron chi connectivity index (χ2n) is 4.68. The molecule has 0 atom stereocenters. The van der Waals surface area contributed by atoms with E-state index in [1.807, 2.05) is 42.5 Å². The number of carbonyl (C=O) groups excluding carboxylic acids is 1. The van der Waals surface area contributed by atoms with E-state index >= 15 is 0 Å². The fourth-order valence-corrected chi connectivity index (χ4v) is 2.34. The normalized spacial score (nSPS) is 10.4. The van der Waals surface area contributed by atoms with E-state index in [0.29, 0.717) is 6.42 Å². The van der Waals surface area contributed by atoms with Crippen molar-refractivity contribution in [3.8, 4) is 0 Å². The highest BCUT2D eigenvalue weighted by molar-refractivity contribution is 9.10. The van der Waals surface area contributed by atoms with E-state index in [1.165, 1.54) is 5.56 Å².